The molecule has 4 nitrogen and oxygen atoms in total. The molecule has 0 saturated carbocycles. The minimum Gasteiger partial charge on any atom is -0.462 e. The van der Waals surface area contributed by atoms with Gasteiger partial charge in [0.2, 0.25) is 5.91 Å². The van der Waals surface area contributed by atoms with E-state index in [1.807, 2.05) is 49.4 Å². The van der Waals surface area contributed by atoms with Crippen molar-refractivity contribution >= 4 is 23.3 Å². The summed E-state index contributed by atoms with van der Waals surface area (Å²) in [6.45, 7) is 2.40. The molecule has 0 radical (unpaired) electrons. The van der Waals surface area contributed by atoms with Crippen molar-refractivity contribution in [1.29, 1.82) is 0 Å². The molecule has 0 aliphatic carbocycles. The molecule has 1 N–H and O–H groups in total. The Hall–Kier alpha value is -2.66. The van der Waals surface area contributed by atoms with Gasteiger partial charge >= 0.3 is 0 Å². The third kappa shape index (κ3) is 3.96. The zero-order valence-electron chi connectivity index (χ0n) is 12.7. The number of furan rings is 1. The van der Waals surface area contributed by atoms with Gasteiger partial charge in [-0.3, -0.25) is 4.79 Å². The molecule has 0 atom stereocenters. The normalized spacial score (nSPS) is 11.0. The molecule has 0 spiro atoms. The standard InChI is InChI=1S/C18H16N2O2S/c1-13-16(23-18(20-13)15-8-5-11-22-15)12-19-17(21)10-9-14-6-3-2-4-7-14/h2-11H,12H2,1H3,(H,19,21)/b10-9+. The van der Waals surface area contributed by atoms with Crippen LogP contribution in [0.4, 0.5) is 0 Å². The van der Waals surface area contributed by atoms with Crippen molar-refractivity contribution in [3.63, 3.8) is 0 Å². The van der Waals surface area contributed by atoms with E-state index in [1.165, 1.54) is 11.3 Å². The molecule has 1 amide bonds. The average molecular weight is 324 g/mol. The molecule has 5 heteroatoms. The van der Waals surface area contributed by atoms with Crippen LogP contribution in [0.25, 0.3) is 16.8 Å². The first-order valence-corrected chi connectivity index (χ1v) is 8.05. The van der Waals surface area contributed by atoms with Crippen LogP contribution in [0.15, 0.2) is 59.2 Å². The predicted octanol–water partition coefficient (Wildman–Crippen LogP) is 4.04. The molecule has 3 rings (SSSR count). The van der Waals surface area contributed by atoms with E-state index in [0.717, 1.165) is 26.9 Å². The van der Waals surface area contributed by atoms with E-state index in [0.29, 0.717) is 6.54 Å². The summed E-state index contributed by atoms with van der Waals surface area (Å²) in [7, 11) is 0. The maximum Gasteiger partial charge on any atom is 0.244 e. The minimum atomic E-state index is -0.124. The third-order valence-electron chi connectivity index (χ3n) is 3.27. The number of hydrogen-bond acceptors (Lipinski definition) is 4. The molecule has 3 aromatic rings. The fourth-order valence-electron chi connectivity index (χ4n) is 2.06. The first kappa shape index (κ1) is 15.2. The highest BCUT2D eigenvalue weighted by molar-refractivity contribution is 7.15. The molecule has 0 fully saturated rings. The number of nitrogens with one attached hydrogen (secondary N) is 1. The summed E-state index contributed by atoms with van der Waals surface area (Å²) in [5.41, 5.74) is 1.91. The molecular formula is C18H16N2O2S. The molecular weight excluding hydrogens is 308 g/mol. The summed E-state index contributed by atoms with van der Waals surface area (Å²) >= 11 is 1.53. The molecule has 23 heavy (non-hydrogen) atoms. The lowest BCUT2D eigenvalue weighted by atomic mass is 10.2. The first-order valence-electron chi connectivity index (χ1n) is 7.23. The Balaban J connectivity index is 1.60. The molecule has 2 aromatic heterocycles. The van der Waals surface area contributed by atoms with Crippen LogP contribution in [0.3, 0.4) is 0 Å². The van der Waals surface area contributed by atoms with Gasteiger partial charge in [0.1, 0.15) is 0 Å². The minimum absolute atomic E-state index is 0.124. The number of aryl methyl sites for hydroxylation is 1. The largest absolute Gasteiger partial charge is 0.462 e. The number of carbonyl (C=O) groups is 1. The monoisotopic (exact) mass is 324 g/mol. The van der Waals surface area contributed by atoms with Gasteiger partial charge in [-0.25, -0.2) is 4.98 Å². The fourth-order valence-corrected chi connectivity index (χ4v) is 3.03. The van der Waals surface area contributed by atoms with Gasteiger partial charge in [-0.1, -0.05) is 30.3 Å². The van der Waals surface area contributed by atoms with Crippen molar-refractivity contribution in [2.24, 2.45) is 0 Å². The lowest BCUT2D eigenvalue weighted by Gasteiger charge is -2.00. The van der Waals surface area contributed by atoms with E-state index < -0.39 is 0 Å². The van der Waals surface area contributed by atoms with E-state index in [1.54, 1.807) is 18.4 Å². The Morgan fingerprint density at radius 2 is 2.09 bits per heavy atom. The first-order chi connectivity index (χ1) is 11.2. The molecule has 1 aromatic carbocycles. The van der Waals surface area contributed by atoms with Crippen LogP contribution in [0.2, 0.25) is 0 Å². The van der Waals surface area contributed by atoms with E-state index in [9.17, 15) is 4.79 Å². The van der Waals surface area contributed by atoms with Gasteiger partial charge in [0, 0.05) is 11.0 Å². The molecule has 2 heterocycles. The van der Waals surface area contributed by atoms with E-state index in [-0.39, 0.29) is 5.91 Å². The summed E-state index contributed by atoms with van der Waals surface area (Å²) in [5.74, 6) is 0.626. The van der Waals surface area contributed by atoms with Crippen LogP contribution >= 0.6 is 11.3 Å². The number of benzene rings is 1. The van der Waals surface area contributed by atoms with Crippen molar-refractivity contribution < 1.29 is 9.21 Å². The van der Waals surface area contributed by atoms with E-state index >= 15 is 0 Å². The highest BCUT2D eigenvalue weighted by Crippen LogP contribution is 2.27. The average Bonchev–Trinajstić information content (AvgIpc) is 3.21. The summed E-state index contributed by atoms with van der Waals surface area (Å²) in [5, 5.41) is 3.71. The molecule has 0 unspecified atom stereocenters. The number of thiazole rings is 1. The van der Waals surface area contributed by atoms with Gasteiger partial charge in [-0.15, -0.1) is 11.3 Å². The van der Waals surface area contributed by atoms with Crippen molar-refractivity contribution in [1.82, 2.24) is 10.3 Å². The van der Waals surface area contributed by atoms with Crippen LogP contribution < -0.4 is 5.32 Å². The highest BCUT2D eigenvalue weighted by Gasteiger charge is 2.11. The lowest BCUT2D eigenvalue weighted by molar-refractivity contribution is -0.116. The Morgan fingerprint density at radius 3 is 2.83 bits per heavy atom. The molecule has 0 aliphatic heterocycles. The predicted molar refractivity (Wildman–Crippen MR) is 91.9 cm³/mol. The number of carbonyl (C=O) groups excluding carboxylic acids is 1. The van der Waals surface area contributed by atoms with Crippen LogP contribution in [0.1, 0.15) is 16.1 Å². The second-order valence-corrected chi connectivity index (χ2v) is 6.05. The smallest absolute Gasteiger partial charge is 0.244 e. The van der Waals surface area contributed by atoms with Crippen molar-refractivity contribution in [2.45, 2.75) is 13.5 Å². The summed E-state index contributed by atoms with van der Waals surface area (Å²) in [6, 6.07) is 13.4. The van der Waals surface area contributed by atoms with Crippen LogP contribution in [-0.2, 0) is 11.3 Å². The van der Waals surface area contributed by atoms with Gasteiger partial charge in [0.15, 0.2) is 10.8 Å². The van der Waals surface area contributed by atoms with Crippen LogP contribution in [0.5, 0.6) is 0 Å². The van der Waals surface area contributed by atoms with E-state index in [4.69, 9.17) is 4.42 Å². The fraction of sp³-hybridized carbons (Fsp3) is 0.111. The maximum atomic E-state index is 11.9. The van der Waals surface area contributed by atoms with Gasteiger partial charge in [0.05, 0.1) is 18.5 Å². The second-order valence-electron chi connectivity index (χ2n) is 4.97. The Labute approximate surface area is 138 Å². The Morgan fingerprint density at radius 1 is 1.26 bits per heavy atom. The van der Waals surface area contributed by atoms with Gasteiger partial charge in [0.25, 0.3) is 0 Å². The number of amides is 1. The molecule has 116 valence electrons. The molecule has 0 saturated heterocycles. The zero-order chi connectivity index (χ0) is 16.1. The van der Waals surface area contributed by atoms with Crippen molar-refractivity contribution in [3.05, 3.63) is 70.9 Å². The Bertz CT molecular complexity index is 805. The maximum absolute atomic E-state index is 11.9. The number of aromatic nitrogens is 1. The van der Waals surface area contributed by atoms with Gasteiger partial charge in [-0.05, 0) is 30.7 Å². The quantitative estimate of drug-likeness (QED) is 0.721. The number of rotatable bonds is 5. The molecule has 0 bridgehead atoms. The zero-order valence-corrected chi connectivity index (χ0v) is 13.5. The second kappa shape index (κ2) is 7.07. The number of hydrogen-bond donors (Lipinski definition) is 1. The highest BCUT2D eigenvalue weighted by atomic mass is 32.1. The van der Waals surface area contributed by atoms with Crippen LogP contribution in [-0.4, -0.2) is 10.9 Å². The van der Waals surface area contributed by atoms with Crippen molar-refractivity contribution in [3.8, 4) is 10.8 Å². The number of nitrogens with zero attached hydrogens (tertiary/aromatic N) is 1. The third-order valence-corrected chi connectivity index (χ3v) is 4.45. The van der Waals surface area contributed by atoms with Crippen LogP contribution in [0, 0.1) is 6.92 Å². The summed E-state index contributed by atoms with van der Waals surface area (Å²) in [6.07, 6.45) is 4.96. The van der Waals surface area contributed by atoms with Crippen molar-refractivity contribution in [2.75, 3.05) is 0 Å². The van der Waals surface area contributed by atoms with Gasteiger partial charge in [-0.2, -0.15) is 0 Å². The summed E-state index contributed by atoms with van der Waals surface area (Å²) in [4.78, 5) is 17.4. The molecule has 0 aliphatic rings. The lowest BCUT2D eigenvalue weighted by Crippen LogP contribution is -2.20. The topological polar surface area (TPSA) is 55.1 Å². The summed E-state index contributed by atoms with van der Waals surface area (Å²) < 4.78 is 5.35. The van der Waals surface area contributed by atoms with E-state index in [2.05, 4.69) is 10.3 Å². The van der Waals surface area contributed by atoms with Gasteiger partial charge < -0.3 is 9.73 Å². The Kier molecular flexibility index (Phi) is 4.68. The SMILES string of the molecule is Cc1nc(-c2ccco2)sc1CNC(=O)/C=C/c1ccccc1.